The lowest BCUT2D eigenvalue weighted by Crippen LogP contribution is -2.50. The lowest BCUT2D eigenvalue weighted by molar-refractivity contribution is -0.0424. The van der Waals surface area contributed by atoms with Gasteiger partial charge in [-0.3, -0.25) is 0 Å². The summed E-state index contributed by atoms with van der Waals surface area (Å²) in [7, 11) is -0.370. The molecular weight excluding hydrogens is 475 g/mol. The molecule has 4 unspecified atom stereocenters. The molecule has 2 heterocycles. The number of nitrogens with one attached hydrogen (secondary N) is 1. The molecule has 3 fully saturated rings. The summed E-state index contributed by atoms with van der Waals surface area (Å²) in [5.74, 6) is 0.0933. The van der Waals surface area contributed by atoms with Gasteiger partial charge in [0, 0.05) is 36.2 Å². The summed E-state index contributed by atoms with van der Waals surface area (Å²) in [5, 5.41) is 1.18. The van der Waals surface area contributed by atoms with Gasteiger partial charge in [0.05, 0.1) is 18.5 Å². The Bertz CT molecular complexity index is 1230. The van der Waals surface area contributed by atoms with E-state index >= 15 is 0 Å². The molecule has 1 spiro atoms. The molecule has 2 aromatic carbocycles. The summed E-state index contributed by atoms with van der Waals surface area (Å²) in [4.78, 5) is 2.37. The third-order valence-electron chi connectivity index (χ3n) is 8.11. The maximum Gasteiger partial charge on any atom is 0.211 e. The van der Waals surface area contributed by atoms with Crippen LogP contribution in [0.3, 0.4) is 0 Å². The molecule has 1 saturated carbocycles. The number of ether oxygens (including phenoxy) is 1. The second kappa shape index (κ2) is 9.30. The Kier molecular flexibility index (Phi) is 6.63. The summed E-state index contributed by atoms with van der Waals surface area (Å²) < 4.78 is 34.4. The van der Waals surface area contributed by atoms with E-state index in [0.29, 0.717) is 0 Å². The number of benzene rings is 2. The minimum Gasteiger partial charge on any atom is -0.372 e. The first kappa shape index (κ1) is 25.0. The molecule has 2 aromatic rings. The molecule has 5 rings (SSSR count). The van der Waals surface area contributed by atoms with Gasteiger partial charge in [-0.25, -0.2) is 13.1 Å². The summed E-state index contributed by atoms with van der Waals surface area (Å²) in [6, 6.07) is 13.0. The molecule has 4 atom stereocenters. The molecule has 0 amide bonds. The molecule has 1 N–H and O–H groups in total. The van der Waals surface area contributed by atoms with Crippen LogP contribution in [-0.2, 0) is 21.2 Å². The molecule has 1 aliphatic carbocycles. The topological polar surface area (TPSA) is 58.6 Å². The molecule has 7 heteroatoms. The Labute approximate surface area is 212 Å². The zero-order valence-electron chi connectivity index (χ0n) is 21.0. The van der Waals surface area contributed by atoms with Gasteiger partial charge in [0.25, 0.3) is 0 Å². The highest BCUT2D eigenvalue weighted by Gasteiger charge is 2.60. The second-order valence-electron chi connectivity index (χ2n) is 10.7. The molecule has 188 valence electrons. The maximum absolute atomic E-state index is 12.7. The molecule has 5 nitrogen and oxygen atoms in total. The Morgan fingerprint density at radius 3 is 2.49 bits per heavy atom. The first-order valence-electron chi connectivity index (χ1n) is 12.7. The second-order valence-corrected chi connectivity index (χ2v) is 13.3. The number of sulfonamides is 1. The van der Waals surface area contributed by atoms with Crippen molar-refractivity contribution >= 4 is 24.6 Å². The molecule has 2 saturated heterocycles. The van der Waals surface area contributed by atoms with Gasteiger partial charge >= 0.3 is 0 Å². The minimum absolute atomic E-state index is 0.00400. The van der Waals surface area contributed by atoms with Crippen molar-refractivity contribution in [3.8, 4) is 11.1 Å². The molecule has 2 aliphatic heterocycles. The fourth-order valence-electron chi connectivity index (χ4n) is 5.88. The zero-order chi connectivity index (χ0) is 25.0. The number of hydrogen-bond acceptors (Lipinski definition) is 4. The van der Waals surface area contributed by atoms with E-state index in [0.717, 1.165) is 44.5 Å². The van der Waals surface area contributed by atoms with Crippen molar-refractivity contribution in [3.63, 3.8) is 0 Å². The van der Waals surface area contributed by atoms with E-state index in [1.165, 1.54) is 33.1 Å². The first-order valence-corrected chi connectivity index (χ1v) is 14.9. The molecule has 35 heavy (non-hydrogen) atoms. The monoisotopic (exact) mass is 512 g/mol. The molecule has 0 radical (unpaired) electrons. The van der Waals surface area contributed by atoms with Crippen LogP contribution in [-0.4, -0.2) is 50.4 Å². The third kappa shape index (κ3) is 4.83. The van der Waals surface area contributed by atoms with Gasteiger partial charge in [-0.05, 0) is 62.0 Å². The Hall–Kier alpha value is -1.72. The van der Waals surface area contributed by atoms with Crippen LogP contribution in [0.5, 0.6) is 0 Å². The zero-order valence-corrected chi connectivity index (χ0v) is 23.0. The van der Waals surface area contributed by atoms with Crippen molar-refractivity contribution in [1.82, 2.24) is 9.62 Å². The van der Waals surface area contributed by atoms with Crippen molar-refractivity contribution < 1.29 is 13.2 Å². The third-order valence-corrected chi connectivity index (χ3v) is 10.2. The number of likely N-dealkylation sites (tertiary alicyclic amines) is 1. The normalized spacial score (nSPS) is 25.0. The molecule has 0 aromatic heterocycles. The van der Waals surface area contributed by atoms with Crippen LogP contribution in [0.1, 0.15) is 42.9 Å². The van der Waals surface area contributed by atoms with Crippen molar-refractivity contribution in [2.75, 3.05) is 18.9 Å². The van der Waals surface area contributed by atoms with Gasteiger partial charge < -0.3 is 9.64 Å². The summed E-state index contributed by atoms with van der Waals surface area (Å²) in [6.07, 6.45) is 3.88. The van der Waals surface area contributed by atoms with E-state index < -0.39 is 10.0 Å². The maximum atomic E-state index is 12.7. The summed E-state index contributed by atoms with van der Waals surface area (Å²) in [6.45, 7) is 12.0. The smallest absolute Gasteiger partial charge is 0.211 e. The molecule has 0 bridgehead atoms. The lowest BCUT2D eigenvalue weighted by atomic mass is 9.91. The van der Waals surface area contributed by atoms with Gasteiger partial charge in [0.2, 0.25) is 10.0 Å². The Balaban J connectivity index is 1.51. The summed E-state index contributed by atoms with van der Waals surface area (Å²) in [5.41, 5.74) is 7.13. The number of aryl methyl sites for hydroxylation is 2. The van der Waals surface area contributed by atoms with Gasteiger partial charge in [-0.15, -0.1) is 9.24 Å². The van der Waals surface area contributed by atoms with Crippen LogP contribution in [0.15, 0.2) is 48.7 Å². The van der Waals surface area contributed by atoms with Crippen LogP contribution in [0.4, 0.5) is 0 Å². The Morgan fingerprint density at radius 1 is 1.23 bits per heavy atom. The van der Waals surface area contributed by atoms with Crippen molar-refractivity contribution in [3.05, 3.63) is 65.4 Å². The van der Waals surface area contributed by atoms with Crippen LogP contribution in [0.25, 0.3) is 11.1 Å². The van der Waals surface area contributed by atoms with Gasteiger partial charge in [-0.1, -0.05) is 54.1 Å². The average Bonchev–Trinajstić information content (AvgIpc) is 3.48. The SMILES string of the molecule is C=C(C1CCO1)N1CC2(CC2)C(NS(=O)(=O)CC)C1Cc1cccc(-c2cc(C)cc(C)c2)c1P. The number of rotatable bonds is 8. The van der Waals surface area contributed by atoms with Crippen molar-refractivity contribution in [2.45, 2.75) is 64.6 Å². The first-order chi connectivity index (χ1) is 16.6. The van der Waals surface area contributed by atoms with Crippen LogP contribution in [0.2, 0.25) is 0 Å². The van der Waals surface area contributed by atoms with Crippen LogP contribution >= 0.6 is 9.24 Å². The average molecular weight is 513 g/mol. The van der Waals surface area contributed by atoms with Gasteiger partial charge in [0.1, 0.15) is 0 Å². The predicted octanol–water partition coefficient (Wildman–Crippen LogP) is 4.09. The highest BCUT2D eigenvalue weighted by Crippen LogP contribution is 2.56. The fraction of sp³-hybridized carbons (Fsp3) is 0.500. The van der Waals surface area contributed by atoms with Gasteiger partial charge in [0.15, 0.2) is 0 Å². The van der Waals surface area contributed by atoms with Crippen molar-refractivity contribution in [1.29, 1.82) is 0 Å². The van der Waals surface area contributed by atoms with E-state index in [4.69, 9.17) is 4.74 Å². The number of hydrogen-bond donors (Lipinski definition) is 1. The largest absolute Gasteiger partial charge is 0.372 e. The van der Waals surface area contributed by atoms with E-state index in [2.05, 4.69) is 75.7 Å². The summed E-state index contributed by atoms with van der Waals surface area (Å²) >= 11 is 0. The van der Waals surface area contributed by atoms with E-state index in [-0.39, 0.29) is 29.4 Å². The lowest BCUT2D eigenvalue weighted by Gasteiger charge is -2.38. The quantitative estimate of drug-likeness (QED) is 0.542. The van der Waals surface area contributed by atoms with E-state index in [1.54, 1.807) is 6.92 Å². The van der Waals surface area contributed by atoms with Gasteiger partial charge in [-0.2, -0.15) is 0 Å². The van der Waals surface area contributed by atoms with Crippen LogP contribution < -0.4 is 10.0 Å². The van der Waals surface area contributed by atoms with E-state index in [1.807, 2.05) is 0 Å². The highest BCUT2D eigenvalue weighted by molar-refractivity contribution is 7.89. The predicted molar refractivity (Wildman–Crippen MR) is 146 cm³/mol. The fourth-order valence-corrected chi connectivity index (χ4v) is 7.31. The number of nitrogens with zero attached hydrogens (tertiary/aromatic N) is 1. The standard InChI is InChI=1S/C28H37N2O3PS/c1-5-35(31,32)29-27-24(30(17-28(27)10-11-28)20(4)25-9-12-33-25)16-21-7-6-8-23(26(21)34)22-14-18(2)13-19(3)15-22/h6-8,13-15,24-25,27,29H,4-5,9-12,16-17,34H2,1-3H3. The highest BCUT2D eigenvalue weighted by atomic mass is 32.2. The van der Waals surface area contributed by atoms with E-state index in [9.17, 15) is 8.42 Å². The minimum atomic E-state index is -3.33. The van der Waals surface area contributed by atoms with Crippen LogP contribution in [0, 0.1) is 19.3 Å². The molecular formula is C28H37N2O3PS. The van der Waals surface area contributed by atoms with Crippen molar-refractivity contribution in [2.24, 2.45) is 5.41 Å². The Morgan fingerprint density at radius 2 is 1.91 bits per heavy atom. The molecule has 3 aliphatic rings.